The lowest BCUT2D eigenvalue weighted by atomic mass is 10.1. The summed E-state index contributed by atoms with van der Waals surface area (Å²) in [6.45, 7) is 3.32. The topological polar surface area (TPSA) is 103 Å². The fourth-order valence-electron chi connectivity index (χ4n) is 2.49. The molecule has 0 aliphatic carbocycles. The third kappa shape index (κ3) is 3.21. The molecule has 2 heterocycles. The van der Waals surface area contributed by atoms with Gasteiger partial charge in [-0.05, 0) is 31.5 Å². The van der Waals surface area contributed by atoms with Gasteiger partial charge in [0.2, 0.25) is 5.91 Å². The van der Waals surface area contributed by atoms with Crippen molar-refractivity contribution >= 4 is 39.1 Å². The highest BCUT2D eigenvalue weighted by Crippen LogP contribution is 2.32. The third-order valence-electron chi connectivity index (χ3n) is 3.95. The maximum atomic E-state index is 12.4. The molecule has 3 aromatic rings. The number of thiophene rings is 1. The number of nitrogens with one attached hydrogen (secondary N) is 1. The Morgan fingerprint density at radius 2 is 2.00 bits per heavy atom. The number of anilines is 1. The molecule has 1 N–H and O–H groups in total. The molecule has 0 saturated carbocycles. The van der Waals surface area contributed by atoms with E-state index in [2.05, 4.69) is 15.6 Å². The molecule has 0 saturated heterocycles. The van der Waals surface area contributed by atoms with Crippen LogP contribution in [0.15, 0.2) is 29.1 Å². The standard InChI is InChI=1S/C17H16N4O4S/c1-9-10(2)26-15(14(9)17(24)25-3)18-13(22)8-21-16(23)11-6-4-5-7-12(11)19-20-21/h4-7H,8H2,1-3H3,(H,18,22). The first-order chi connectivity index (χ1) is 12.4. The lowest BCUT2D eigenvalue weighted by Crippen LogP contribution is -2.30. The van der Waals surface area contributed by atoms with Crippen LogP contribution in [0.5, 0.6) is 0 Å². The first-order valence-electron chi connectivity index (χ1n) is 7.73. The van der Waals surface area contributed by atoms with E-state index in [0.29, 0.717) is 21.5 Å². The number of benzene rings is 1. The molecule has 0 radical (unpaired) electrons. The Balaban J connectivity index is 1.87. The Bertz CT molecular complexity index is 1070. The Morgan fingerprint density at radius 3 is 2.73 bits per heavy atom. The van der Waals surface area contributed by atoms with E-state index in [4.69, 9.17) is 4.74 Å². The van der Waals surface area contributed by atoms with Gasteiger partial charge in [-0.25, -0.2) is 9.48 Å². The zero-order valence-corrected chi connectivity index (χ0v) is 15.2. The average molecular weight is 372 g/mol. The molecule has 26 heavy (non-hydrogen) atoms. The highest BCUT2D eigenvalue weighted by molar-refractivity contribution is 7.16. The molecule has 134 valence electrons. The minimum absolute atomic E-state index is 0.312. The SMILES string of the molecule is COC(=O)c1c(NC(=O)Cn2nnc3ccccc3c2=O)sc(C)c1C. The van der Waals surface area contributed by atoms with Gasteiger partial charge in [0.25, 0.3) is 5.56 Å². The predicted molar refractivity (Wildman–Crippen MR) is 97.6 cm³/mol. The molecule has 2 aromatic heterocycles. The van der Waals surface area contributed by atoms with E-state index < -0.39 is 17.4 Å². The Kier molecular flexibility index (Phi) is 4.81. The van der Waals surface area contributed by atoms with Gasteiger partial charge >= 0.3 is 5.97 Å². The first kappa shape index (κ1) is 17.7. The Hall–Kier alpha value is -3.07. The number of amides is 1. The van der Waals surface area contributed by atoms with Crippen LogP contribution >= 0.6 is 11.3 Å². The van der Waals surface area contributed by atoms with E-state index in [0.717, 1.165) is 15.1 Å². The molecule has 0 atom stereocenters. The maximum absolute atomic E-state index is 12.4. The Morgan fingerprint density at radius 1 is 1.27 bits per heavy atom. The molecule has 1 aromatic carbocycles. The van der Waals surface area contributed by atoms with E-state index in [1.54, 1.807) is 31.2 Å². The molecule has 0 bridgehead atoms. The number of rotatable bonds is 4. The molecule has 1 amide bonds. The maximum Gasteiger partial charge on any atom is 0.341 e. The number of nitrogens with zero attached hydrogens (tertiary/aromatic N) is 3. The number of hydrogen-bond acceptors (Lipinski definition) is 7. The number of methoxy groups -OCH3 is 1. The van der Waals surface area contributed by atoms with Gasteiger partial charge in [0.15, 0.2) is 0 Å². The van der Waals surface area contributed by atoms with Gasteiger partial charge in [0.1, 0.15) is 17.1 Å². The van der Waals surface area contributed by atoms with Crippen molar-refractivity contribution in [2.75, 3.05) is 12.4 Å². The fourth-order valence-corrected chi connectivity index (χ4v) is 3.56. The van der Waals surface area contributed by atoms with Crippen LogP contribution in [0.3, 0.4) is 0 Å². The van der Waals surface area contributed by atoms with Crippen molar-refractivity contribution in [3.8, 4) is 0 Å². The second kappa shape index (κ2) is 7.04. The van der Waals surface area contributed by atoms with Gasteiger partial charge in [-0.3, -0.25) is 9.59 Å². The summed E-state index contributed by atoms with van der Waals surface area (Å²) in [6, 6.07) is 6.77. The quantitative estimate of drug-likeness (QED) is 0.702. The van der Waals surface area contributed by atoms with Crippen molar-refractivity contribution in [1.29, 1.82) is 0 Å². The number of hydrogen-bond donors (Lipinski definition) is 1. The fraction of sp³-hybridized carbons (Fsp3) is 0.235. The summed E-state index contributed by atoms with van der Waals surface area (Å²) in [4.78, 5) is 37.6. The number of aromatic nitrogens is 3. The molecule has 0 unspecified atom stereocenters. The summed E-state index contributed by atoms with van der Waals surface area (Å²) in [7, 11) is 1.28. The zero-order chi connectivity index (χ0) is 18.8. The van der Waals surface area contributed by atoms with Gasteiger partial charge in [0, 0.05) is 4.88 Å². The van der Waals surface area contributed by atoms with Crippen molar-refractivity contribution in [1.82, 2.24) is 15.0 Å². The van der Waals surface area contributed by atoms with Gasteiger partial charge in [0.05, 0.1) is 18.1 Å². The van der Waals surface area contributed by atoms with E-state index in [-0.39, 0.29) is 6.54 Å². The normalized spacial score (nSPS) is 10.7. The van der Waals surface area contributed by atoms with E-state index in [1.165, 1.54) is 18.4 Å². The van der Waals surface area contributed by atoms with E-state index in [9.17, 15) is 14.4 Å². The zero-order valence-electron chi connectivity index (χ0n) is 14.4. The van der Waals surface area contributed by atoms with Crippen molar-refractivity contribution in [2.45, 2.75) is 20.4 Å². The predicted octanol–water partition coefficient (Wildman–Crippen LogP) is 1.90. The molecule has 8 nitrogen and oxygen atoms in total. The third-order valence-corrected chi connectivity index (χ3v) is 5.07. The average Bonchev–Trinajstić information content (AvgIpc) is 2.90. The summed E-state index contributed by atoms with van der Waals surface area (Å²) < 4.78 is 5.77. The minimum atomic E-state index is -0.523. The molecule has 3 rings (SSSR count). The van der Waals surface area contributed by atoms with E-state index in [1.807, 2.05) is 6.92 Å². The number of fused-ring (bicyclic) bond motifs is 1. The summed E-state index contributed by atoms with van der Waals surface area (Å²) >= 11 is 1.27. The summed E-state index contributed by atoms with van der Waals surface area (Å²) in [5, 5.41) is 11.2. The molecular weight excluding hydrogens is 356 g/mol. The van der Waals surface area contributed by atoms with Gasteiger partial charge in [-0.15, -0.1) is 16.4 Å². The van der Waals surface area contributed by atoms with Crippen molar-refractivity contribution < 1.29 is 14.3 Å². The summed E-state index contributed by atoms with van der Waals surface area (Å²) in [6.07, 6.45) is 0. The van der Waals surface area contributed by atoms with Crippen LogP contribution in [-0.2, 0) is 16.1 Å². The number of ether oxygens (including phenoxy) is 1. The molecule has 9 heteroatoms. The van der Waals surface area contributed by atoms with Gasteiger partial charge in [-0.2, -0.15) is 0 Å². The lowest BCUT2D eigenvalue weighted by Gasteiger charge is -2.07. The first-order valence-corrected chi connectivity index (χ1v) is 8.54. The van der Waals surface area contributed by atoms with Crippen LogP contribution in [0, 0.1) is 13.8 Å². The summed E-state index contributed by atoms with van der Waals surface area (Å²) in [5.41, 5.74) is 1.13. The highest BCUT2D eigenvalue weighted by Gasteiger charge is 2.22. The number of carbonyl (C=O) groups excluding carboxylic acids is 2. The van der Waals surface area contributed by atoms with Crippen LogP contribution in [0.25, 0.3) is 10.9 Å². The van der Waals surface area contributed by atoms with Crippen molar-refractivity contribution in [3.63, 3.8) is 0 Å². The van der Waals surface area contributed by atoms with Crippen LogP contribution in [-0.4, -0.2) is 34.0 Å². The summed E-state index contributed by atoms with van der Waals surface area (Å²) in [5.74, 6) is -1.01. The second-order valence-corrected chi connectivity index (χ2v) is 6.82. The second-order valence-electron chi connectivity index (χ2n) is 5.60. The van der Waals surface area contributed by atoms with Gasteiger partial charge in [-0.1, -0.05) is 17.3 Å². The van der Waals surface area contributed by atoms with Crippen LogP contribution in [0.2, 0.25) is 0 Å². The molecule has 0 fully saturated rings. The highest BCUT2D eigenvalue weighted by atomic mass is 32.1. The monoisotopic (exact) mass is 372 g/mol. The number of carbonyl (C=O) groups is 2. The largest absolute Gasteiger partial charge is 0.465 e. The van der Waals surface area contributed by atoms with Gasteiger partial charge < -0.3 is 10.1 Å². The molecule has 0 aliphatic rings. The number of esters is 1. The van der Waals surface area contributed by atoms with Crippen LogP contribution in [0.4, 0.5) is 5.00 Å². The van der Waals surface area contributed by atoms with Crippen molar-refractivity contribution in [2.24, 2.45) is 0 Å². The molecule has 0 spiro atoms. The van der Waals surface area contributed by atoms with E-state index >= 15 is 0 Å². The minimum Gasteiger partial charge on any atom is -0.465 e. The lowest BCUT2D eigenvalue weighted by molar-refractivity contribution is -0.117. The smallest absolute Gasteiger partial charge is 0.341 e. The molecule has 0 aliphatic heterocycles. The number of aryl methyl sites for hydroxylation is 1. The van der Waals surface area contributed by atoms with Crippen LogP contribution < -0.4 is 10.9 Å². The van der Waals surface area contributed by atoms with Crippen molar-refractivity contribution in [3.05, 3.63) is 50.6 Å². The van der Waals surface area contributed by atoms with Crippen LogP contribution in [0.1, 0.15) is 20.8 Å². The molecular formula is C17H16N4O4S. The Labute approximate surface area is 152 Å².